The Balaban J connectivity index is 2.66. The van der Waals surface area contributed by atoms with Crippen LogP contribution in [0.25, 0.3) is 0 Å². The Bertz CT molecular complexity index is 646. The van der Waals surface area contributed by atoms with Gasteiger partial charge in [0.15, 0.2) is 5.69 Å². The van der Waals surface area contributed by atoms with E-state index < -0.39 is 16.0 Å². The van der Waals surface area contributed by atoms with Gasteiger partial charge < -0.3 is 9.47 Å². The monoisotopic (exact) mass is 420 g/mol. The predicted octanol–water partition coefficient (Wildman–Crippen LogP) is 3.46. The number of ether oxygens (including phenoxy) is 2. The number of rotatable bonds is 15. The first-order chi connectivity index (χ1) is 12.9. The van der Waals surface area contributed by atoms with E-state index in [0.29, 0.717) is 18.0 Å². The first-order valence-electron chi connectivity index (χ1n) is 9.52. The summed E-state index contributed by atoms with van der Waals surface area (Å²) in [5.74, 6) is -0.364. The van der Waals surface area contributed by atoms with E-state index in [1.165, 1.54) is 28.5 Å². The van der Waals surface area contributed by atoms with Crippen LogP contribution in [0.3, 0.4) is 0 Å². The molecule has 0 aliphatic carbocycles. The second-order valence-electron chi connectivity index (χ2n) is 6.26. The third kappa shape index (κ3) is 9.14. The summed E-state index contributed by atoms with van der Waals surface area (Å²) in [6.07, 6.45) is 6.16. The van der Waals surface area contributed by atoms with Gasteiger partial charge in [0, 0.05) is 19.0 Å². The number of esters is 1. The van der Waals surface area contributed by atoms with Crippen LogP contribution in [0, 0.1) is 0 Å². The highest BCUT2D eigenvalue weighted by Crippen LogP contribution is 2.17. The number of aromatic nitrogens is 1. The van der Waals surface area contributed by atoms with Crippen LogP contribution in [0.2, 0.25) is 0 Å². The molecule has 156 valence electrons. The maximum absolute atomic E-state index is 12.7. The van der Waals surface area contributed by atoms with Gasteiger partial charge in [-0.25, -0.2) is 18.2 Å². The van der Waals surface area contributed by atoms with Gasteiger partial charge in [-0.15, -0.1) is 11.3 Å². The molecule has 1 heterocycles. The van der Waals surface area contributed by atoms with Crippen molar-refractivity contribution in [3.05, 3.63) is 16.1 Å². The fraction of sp³-hybridized carbons (Fsp3) is 0.778. The van der Waals surface area contributed by atoms with Crippen molar-refractivity contribution >= 4 is 27.3 Å². The molecule has 0 N–H and O–H groups in total. The zero-order valence-electron chi connectivity index (χ0n) is 16.6. The van der Waals surface area contributed by atoms with Crippen molar-refractivity contribution in [2.75, 3.05) is 32.6 Å². The van der Waals surface area contributed by atoms with Gasteiger partial charge in [0.05, 0.1) is 25.5 Å². The number of methoxy groups -OCH3 is 1. The molecule has 0 aliphatic rings. The summed E-state index contributed by atoms with van der Waals surface area (Å²) in [6.45, 7) is 4.88. The van der Waals surface area contributed by atoms with Crippen LogP contribution in [0.4, 0.5) is 0 Å². The maximum Gasteiger partial charge on any atom is 0.357 e. The number of unbranched alkanes of at least 4 members (excludes halogenated alkanes) is 5. The third-order valence-electron chi connectivity index (χ3n) is 4.04. The average Bonchev–Trinajstić information content (AvgIpc) is 3.10. The highest BCUT2D eigenvalue weighted by atomic mass is 32.2. The molecule has 0 aromatic carbocycles. The topological polar surface area (TPSA) is 85.8 Å². The largest absolute Gasteiger partial charge is 0.461 e. The van der Waals surface area contributed by atoms with Crippen molar-refractivity contribution in [1.82, 2.24) is 9.29 Å². The van der Waals surface area contributed by atoms with E-state index in [2.05, 4.69) is 11.9 Å². The van der Waals surface area contributed by atoms with E-state index >= 15 is 0 Å². The van der Waals surface area contributed by atoms with Gasteiger partial charge in [-0.2, -0.15) is 4.31 Å². The van der Waals surface area contributed by atoms with E-state index in [9.17, 15) is 13.2 Å². The molecule has 0 saturated carbocycles. The summed E-state index contributed by atoms with van der Waals surface area (Å²) in [5.41, 5.74) is 0.219. The Morgan fingerprint density at radius 2 is 1.89 bits per heavy atom. The maximum atomic E-state index is 12.7. The second-order valence-corrected chi connectivity index (χ2v) is 9.29. The van der Waals surface area contributed by atoms with Crippen molar-refractivity contribution in [2.45, 2.75) is 58.9 Å². The van der Waals surface area contributed by atoms with Crippen LogP contribution in [0.5, 0.6) is 0 Å². The lowest BCUT2D eigenvalue weighted by Gasteiger charge is -2.20. The normalized spacial score (nSPS) is 11.9. The van der Waals surface area contributed by atoms with Gasteiger partial charge in [0.25, 0.3) is 0 Å². The molecule has 0 saturated heterocycles. The van der Waals surface area contributed by atoms with Gasteiger partial charge in [0.1, 0.15) is 5.01 Å². The summed E-state index contributed by atoms with van der Waals surface area (Å²) in [4.78, 5) is 15.9. The fourth-order valence-corrected chi connectivity index (χ4v) is 4.90. The first kappa shape index (κ1) is 24.0. The minimum atomic E-state index is -3.40. The molecule has 0 radical (unpaired) electrons. The molecule has 7 nitrogen and oxygen atoms in total. The summed E-state index contributed by atoms with van der Waals surface area (Å²) >= 11 is 1.26. The Kier molecular flexibility index (Phi) is 11.7. The van der Waals surface area contributed by atoms with Crippen molar-refractivity contribution in [1.29, 1.82) is 0 Å². The second kappa shape index (κ2) is 13.2. The van der Waals surface area contributed by atoms with Gasteiger partial charge in [-0.3, -0.25) is 0 Å². The summed E-state index contributed by atoms with van der Waals surface area (Å²) in [6, 6.07) is 0. The minimum absolute atomic E-state index is 0.124. The van der Waals surface area contributed by atoms with Crippen molar-refractivity contribution < 1.29 is 22.7 Å². The number of sulfonamides is 1. The van der Waals surface area contributed by atoms with E-state index in [1.54, 1.807) is 19.4 Å². The summed E-state index contributed by atoms with van der Waals surface area (Å²) in [7, 11) is -1.86. The van der Waals surface area contributed by atoms with Crippen LogP contribution in [0.15, 0.2) is 5.38 Å². The molecule has 0 spiro atoms. The summed E-state index contributed by atoms with van der Waals surface area (Å²) < 4.78 is 36.8. The smallest absolute Gasteiger partial charge is 0.357 e. The molecule has 0 unspecified atom stereocenters. The van der Waals surface area contributed by atoms with Crippen molar-refractivity contribution in [2.24, 2.45) is 0 Å². The van der Waals surface area contributed by atoms with Crippen LogP contribution in [-0.4, -0.2) is 56.3 Å². The minimum Gasteiger partial charge on any atom is -0.461 e. The lowest BCUT2D eigenvalue weighted by atomic mass is 10.1. The van der Waals surface area contributed by atoms with Gasteiger partial charge in [0.2, 0.25) is 10.0 Å². The van der Waals surface area contributed by atoms with Crippen LogP contribution >= 0.6 is 11.3 Å². The SMILES string of the molecule is CCCCCCCCS(=O)(=O)N(CCOC)Cc1nc(C(=O)OCC)cs1. The molecular weight excluding hydrogens is 388 g/mol. The predicted molar refractivity (Wildman–Crippen MR) is 108 cm³/mol. The van der Waals surface area contributed by atoms with Crippen LogP contribution in [0.1, 0.15) is 67.9 Å². The lowest BCUT2D eigenvalue weighted by molar-refractivity contribution is 0.0520. The zero-order valence-corrected chi connectivity index (χ0v) is 18.2. The number of thiazole rings is 1. The standard InChI is InChI=1S/C18H32N2O5S2/c1-4-6-7-8-9-10-13-27(22,23)20(11-12-24-3)14-17-19-16(15-26-17)18(21)25-5-2/h15H,4-14H2,1-3H3. The van der Waals surface area contributed by atoms with Crippen LogP contribution < -0.4 is 0 Å². The lowest BCUT2D eigenvalue weighted by Crippen LogP contribution is -2.35. The fourth-order valence-electron chi connectivity index (χ4n) is 2.54. The molecule has 0 fully saturated rings. The molecule has 9 heteroatoms. The first-order valence-corrected chi connectivity index (χ1v) is 12.0. The van der Waals surface area contributed by atoms with Crippen LogP contribution in [-0.2, 0) is 26.0 Å². The van der Waals surface area contributed by atoms with Gasteiger partial charge >= 0.3 is 5.97 Å². The zero-order chi connectivity index (χ0) is 20.1. The van der Waals surface area contributed by atoms with Gasteiger partial charge in [-0.05, 0) is 13.3 Å². The molecule has 1 rings (SSSR count). The van der Waals surface area contributed by atoms with E-state index in [-0.39, 0.29) is 31.1 Å². The molecular formula is C18H32N2O5S2. The molecule has 1 aromatic heterocycles. The summed E-state index contributed by atoms with van der Waals surface area (Å²) in [5, 5.41) is 2.17. The van der Waals surface area contributed by atoms with E-state index in [1.807, 2.05) is 0 Å². The number of hydrogen-bond acceptors (Lipinski definition) is 7. The molecule has 0 bridgehead atoms. The van der Waals surface area contributed by atoms with E-state index in [0.717, 1.165) is 19.3 Å². The molecule has 27 heavy (non-hydrogen) atoms. The molecule has 1 aromatic rings. The Morgan fingerprint density at radius 1 is 1.19 bits per heavy atom. The number of nitrogens with zero attached hydrogens (tertiary/aromatic N) is 2. The molecule has 0 amide bonds. The average molecular weight is 421 g/mol. The van der Waals surface area contributed by atoms with Crippen molar-refractivity contribution in [3.8, 4) is 0 Å². The molecule has 0 aliphatic heterocycles. The number of hydrogen-bond donors (Lipinski definition) is 0. The van der Waals surface area contributed by atoms with Crippen molar-refractivity contribution in [3.63, 3.8) is 0 Å². The molecule has 0 atom stereocenters. The Labute approximate surface area is 167 Å². The number of carbonyl (C=O) groups excluding carboxylic acids is 1. The van der Waals surface area contributed by atoms with Gasteiger partial charge in [-0.1, -0.05) is 39.0 Å². The Hall–Kier alpha value is -1.03. The highest BCUT2D eigenvalue weighted by Gasteiger charge is 2.23. The number of carbonyl (C=O) groups is 1. The Morgan fingerprint density at radius 3 is 2.56 bits per heavy atom. The quantitative estimate of drug-likeness (QED) is 0.319. The third-order valence-corrected chi connectivity index (χ3v) is 6.78. The van der Waals surface area contributed by atoms with E-state index in [4.69, 9.17) is 9.47 Å². The highest BCUT2D eigenvalue weighted by molar-refractivity contribution is 7.89.